The van der Waals surface area contributed by atoms with Crippen LogP contribution in [-0.4, -0.2) is 35.8 Å². The number of hydrogen-bond donors (Lipinski definition) is 0. The molecule has 3 unspecified atom stereocenters. The second-order valence-electron chi connectivity index (χ2n) is 5.96. The Hall–Kier alpha value is -2.18. The zero-order chi connectivity index (χ0) is 18.4. The van der Waals surface area contributed by atoms with Crippen molar-refractivity contribution < 1.29 is 23.8 Å². The van der Waals surface area contributed by atoms with E-state index in [9.17, 15) is 9.59 Å². The molecule has 0 bridgehead atoms. The minimum atomic E-state index is -0.440. The van der Waals surface area contributed by atoms with Gasteiger partial charge >= 0.3 is 11.9 Å². The van der Waals surface area contributed by atoms with Crippen molar-refractivity contribution in [3.8, 4) is 0 Å². The smallest absolute Gasteiger partial charge is 0.338 e. The van der Waals surface area contributed by atoms with Gasteiger partial charge in [-0.25, -0.2) is 9.59 Å². The van der Waals surface area contributed by atoms with Crippen LogP contribution in [0.1, 0.15) is 33.6 Å². The molecule has 0 spiro atoms. The number of esters is 2. The number of benzene rings is 2. The molecule has 1 fully saturated rings. The SMILES string of the molecule is O=C(OCC1CCC(OC(=O)c2ccccc2)C(Br)O1)c1ccccc1. The Morgan fingerprint density at radius 1 is 0.923 bits per heavy atom. The summed E-state index contributed by atoms with van der Waals surface area (Å²) in [6, 6.07) is 17.7. The highest BCUT2D eigenvalue weighted by molar-refractivity contribution is 9.09. The summed E-state index contributed by atoms with van der Waals surface area (Å²) in [4.78, 5) is 24.1. The van der Waals surface area contributed by atoms with E-state index >= 15 is 0 Å². The number of ether oxygens (including phenoxy) is 3. The third-order valence-electron chi connectivity index (χ3n) is 4.07. The number of alkyl halides is 1. The minimum absolute atomic E-state index is 0.162. The fourth-order valence-corrected chi connectivity index (χ4v) is 3.34. The molecule has 2 aromatic rings. The molecule has 1 aliphatic heterocycles. The molecule has 5 nitrogen and oxygen atoms in total. The standard InChI is InChI=1S/C20H19BrO5/c21-18-17(26-20(23)15-9-5-2-6-10-15)12-11-16(25-18)13-24-19(22)14-7-3-1-4-8-14/h1-10,16-18H,11-13H2. The highest BCUT2D eigenvalue weighted by Gasteiger charge is 2.33. The monoisotopic (exact) mass is 418 g/mol. The molecule has 2 aromatic carbocycles. The van der Waals surface area contributed by atoms with E-state index < -0.39 is 5.01 Å². The van der Waals surface area contributed by atoms with Crippen LogP contribution in [0.2, 0.25) is 0 Å². The van der Waals surface area contributed by atoms with Gasteiger partial charge in [-0.2, -0.15) is 0 Å². The first-order valence-electron chi connectivity index (χ1n) is 8.41. The second kappa shape index (κ2) is 8.96. The topological polar surface area (TPSA) is 61.8 Å². The van der Waals surface area contributed by atoms with Gasteiger partial charge in [0.1, 0.15) is 17.7 Å². The van der Waals surface area contributed by atoms with Gasteiger partial charge in [0.25, 0.3) is 0 Å². The van der Waals surface area contributed by atoms with Gasteiger partial charge in [0.2, 0.25) is 0 Å². The van der Waals surface area contributed by atoms with Crippen LogP contribution in [-0.2, 0) is 14.2 Å². The Kier molecular flexibility index (Phi) is 6.41. The van der Waals surface area contributed by atoms with Crippen molar-refractivity contribution in [1.82, 2.24) is 0 Å². The first-order valence-corrected chi connectivity index (χ1v) is 9.33. The molecule has 1 aliphatic rings. The van der Waals surface area contributed by atoms with Crippen LogP contribution in [0.25, 0.3) is 0 Å². The van der Waals surface area contributed by atoms with Crippen LogP contribution in [0.3, 0.4) is 0 Å². The van der Waals surface area contributed by atoms with E-state index in [1.807, 2.05) is 12.1 Å². The zero-order valence-electron chi connectivity index (χ0n) is 14.0. The van der Waals surface area contributed by atoms with Gasteiger partial charge in [-0.15, -0.1) is 0 Å². The minimum Gasteiger partial charge on any atom is -0.459 e. The van der Waals surface area contributed by atoms with Crippen molar-refractivity contribution in [3.05, 3.63) is 71.8 Å². The maximum Gasteiger partial charge on any atom is 0.338 e. The predicted molar refractivity (Wildman–Crippen MR) is 99.2 cm³/mol. The molecule has 0 aliphatic carbocycles. The van der Waals surface area contributed by atoms with Crippen molar-refractivity contribution in [1.29, 1.82) is 0 Å². The maximum absolute atomic E-state index is 12.1. The molecule has 1 heterocycles. The Bertz CT molecular complexity index is 734. The van der Waals surface area contributed by atoms with E-state index in [0.29, 0.717) is 24.0 Å². The molecule has 1 saturated heterocycles. The molecule has 0 N–H and O–H groups in total. The quantitative estimate of drug-likeness (QED) is 0.542. The van der Waals surface area contributed by atoms with Crippen LogP contribution in [0, 0.1) is 0 Å². The lowest BCUT2D eigenvalue weighted by Crippen LogP contribution is -2.40. The maximum atomic E-state index is 12.1. The van der Waals surface area contributed by atoms with Gasteiger partial charge in [0.05, 0.1) is 17.2 Å². The molecule has 3 atom stereocenters. The molecular weight excluding hydrogens is 400 g/mol. The van der Waals surface area contributed by atoms with Gasteiger partial charge in [-0.3, -0.25) is 0 Å². The molecule has 3 rings (SSSR count). The molecule has 0 amide bonds. The average molecular weight is 419 g/mol. The molecule has 0 radical (unpaired) electrons. The van der Waals surface area contributed by atoms with Crippen molar-refractivity contribution in [2.75, 3.05) is 6.61 Å². The summed E-state index contributed by atoms with van der Waals surface area (Å²) in [7, 11) is 0. The van der Waals surface area contributed by atoms with Crippen molar-refractivity contribution >= 4 is 27.9 Å². The number of carbonyl (C=O) groups excluding carboxylic acids is 2. The van der Waals surface area contributed by atoms with E-state index in [1.165, 1.54) is 0 Å². The lowest BCUT2D eigenvalue weighted by molar-refractivity contribution is -0.0963. The van der Waals surface area contributed by atoms with Crippen LogP contribution in [0.15, 0.2) is 60.7 Å². The summed E-state index contributed by atoms with van der Waals surface area (Å²) in [6.45, 7) is 0.162. The Balaban J connectivity index is 1.46. The van der Waals surface area contributed by atoms with E-state index in [4.69, 9.17) is 14.2 Å². The normalized spacial score (nSPS) is 22.4. The Labute approximate surface area is 160 Å². The fourth-order valence-electron chi connectivity index (χ4n) is 2.66. The van der Waals surface area contributed by atoms with E-state index in [2.05, 4.69) is 15.9 Å². The van der Waals surface area contributed by atoms with E-state index in [0.717, 1.165) is 0 Å². The lowest BCUT2D eigenvalue weighted by atomic mass is 10.1. The van der Waals surface area contributed by atoms with Crippen molar-refractivity contribution in [3.63, 3.8) is 0 Å². The molecule has 6 heteroatoms. The van der Waals surface area contributed by atoms with Gasteiger partial charge in [0, 0.05) is 0 Å². The van der Waals surface area contributed by atoms with E-state index in [-0.39, 0.29) is 30.8 Å². The molecule has 0 saturated carbocycles. The highest BCUT2D eigenvalue weighted by Crippen LogP contribution is 2.27. The number of rotatable bonds is 5. The molecule has 0 aromatic heterocycles. The number of carbonyl (C=O) groups is 2. The molecule has 136 valence electrons. The van der Waals surface area contributed by atoms with Gasteiger partial charge < -0.3 is 14.2 Å². The summed E-state index contributed by atoms with van der Waals surface area (Å²) in [5, 5.41) is -0.440. The molecular formula is C20H19BrO5. The summed E-state index contributed by atoms with van der Waals surface area (Å²) in [5.41, 5.74) is 1.01. The van der Waals surface area contributed by atoms with Crippen molar-refractivity contribution in [2.24, 2.45) is 0 Å². The van der Waals surface area contributed by atoms with Gasteiger partial charge in [-0.1, -0.05) is 52.3 Å². The van der Waals surface area contributed by atoms with Gasteiger partial charge in [-0.05, 0) is 37.1 Å². The predicted octanol–water partition coefficient (Wildman–Crippen LogP) is 3.97. The average Bonchev–Trinajstić information content (AvgIpc) is 2.69. The highest BCUT2D eigenvalue weighted by atomic mass is 79.9. The lowest BCUT2D eigenvalue weighted by Gasteiger charge is -2.32. The summed E-state index contributed by atoms with van der Waals surface area (Å²) < 4.78 is 16.6. The largest absolute Gasteiger partial charge is 0.459 e. The van der Waals surface area contributed by atoms with E-state index in [1.54, 1.807) is 48.5 Å². The van der Waals surface area contributed by atoms with Crippen molar-refractivity contribution in [2.45, 2.75) is 30.1 Å². The number of hydrogen-bond acceptors (Lipinski definition) is 5. The fraction of sp³-hybridized carbons (Fsp3) is 0.300. The first-order chi connectivity index (χ1) is 12.6. The number of halogens is 1. The molecule has 26 heavy (non-hydrogen) atoms. The van der Waals surface area contributed by atoms with Crippen LogP contribution in [0.5, 0.6) is 0 Å². The van der Waals surface area contributed by atoms with Crippen LogP contribution >= 0.6 is 15.9 Å². The summed E-state index contributed by atoms with van der Waals surface area (Å²) in [6.07, 6.45) is 0.640. The zero-order valence-corrected chi connectivity index (χ0v) is 15.6. The third kappa shape index (κ3) is 4.93. The van der Waals surface area contributed by atoms with Crippen LogP contribution in [0.4, 0.5) is 0 Å². The summed E-state index contributed by atoms with van der Waals surface area (Å²) in [5.74, 6) is -0.754. The van der Waals surface area contributed by atoms with Gasteiger partial charge in [0.15, 0.2) is 0 Å². The third-order valence-corrected chi connectivity index (χ3v) is 4.87. The first kappa shape index (κ1) is 18.6. The summed E-state index contributed by atoms with van der Waals surface area (Å²) >= 11 is 3.41. The Morgan fingerprint density at radius 2 is 1.50 bits per heavy atom. The van der Waals surface area contributed by atoms with Crippen LogP contribution < -0.4 is 0 Å². The second-order valence-corrected chi connectivity index (χ2v) is 6.86. The Morgan fingerprint density at radius 3 is 2.08 bits per heavy atom.